The predicted octanol–water partition coefficient (Wildman–Crippen LogP) is 3.17. The summed E-state index contributed by atoms with van der Waals surface area (Å²) in [5.74, 6) is 3.32. The number of hydrogen-bond donors (Lipinski definition) is 0. The lowest BCUT2D eigenvalue weighted by Crippen LogP contribution is -2.16. The van der Waals surface area contributed by atoms with E-state index in [2.05, 4.69) is 32.5 Å². The molecule has 0 aromatic heterocycles. The van der Waals surface area contributed by atoms with Crippen molar-refractivity contribution in [2.24, 2.45) is 11.8 Å². The molecule has 1 aliphatic rings. The molecule has 1 heterocycles. The molecule has 1 rings (SSSR count). The third kappa shape index (κ3) is 1.69. The lowest BCUT2D eigenvalue weighted by Gasteiger charge is -2.20. The Morgan fingerprint density at radius 2 is 2.20 bits per heavy atom. The van der Waals surface area contributed by atoms with Crippen LogP contribution in [0.25, 0.3) is 0 Å². The number of hydrogen-bond acceptors (Lipinski definition) is 1. The van der Waals surface area contributed by atoms with Gasteiger partial charge >= 0.3 is 0 Å². The Bertz CT molecular complexity index is 98.9. The van der Waals surface area contributed by atoms with E-state index in [1.54, 1.807) is 0 Å². The summed E-state index contributed by atoms with van der Waals surface area (Å²) >= 11 is 2.18. The Morgan fingerprint density at radius 1 is 1.50 bits per heavy atom. The maximum Gasteiger partial charge on any atom is 0.00754 e. The SMILES string of the molecule is CCC1SCCC1C(C)C. The highest BCUT2D eigenvalue weighted by atomic mass is 32.2. The summed E-state index contributed by atoms with van der Waals surface area (Å²) in [5.41, 5.74) is 0. The van der Waals surface area contributed by atoms with Gasteiger partial charge in [-0.15, -0.1) is 0 Å². The van der Waals surface area contributed by atoms with Gasteiger partial charge < -0.3 is 0 Å². The van der Waals surface area contributed by atoms with Gasteiger partial charge in [0, 0.05) is 5.25 Å². The van der Waals surface area contributed by atoms with Gasteiger partial charge in [0.1, 0.15) is 0 Å². The maximum atomic E-state index is 2.36. The number of thioether (sulfide) groups is 1. The van der Waals surface area contributed by atoms with E-state index in [4.69, 9.17) is 0 Å². The molecule has 1 aliphatic heterocycles. The van der Waals surface area contributed by atoms with Gasteiger partial charge in [-0.1, -0.05) is 20.8 Å². The quantitative estimate of drug-likeness (QED) is 0.595. The summed E-state index contributed by atoms with van der Waals surface area (Å²) in [6.45, 7) is 7.04. The standard InChI is InChI=1S/C9H18S/c1-4-9-8(7(2)3)5-6-10-9/h7-9H,4-6H2,1-3H3. The summed E-state index contributed by atoms with van der Waals surface area (Å²) < 4.78 is 0. The van der Waals surface area contributed by atoms with Crippen LogP contribution >= 0.6 is 11.8 Å². The second kappa shape index (κ2) is 3.66. The molecular formula is C9H18S. The smallest absolute Gasteiger partial charge is 0.00754 e. The van der Waals surface area contributed by atoms with Crippen molar-refractivity contribution >= 4 is 11.8 Å². The minimum atomic E-state index is 0.903. The first kappa shape index (κ1) is 8.45. The first-order valence-electron chi connectivity index (χ1n) is 4.37. The average Bonchev–Trinajstić information content (AvgIpc) is 2.33. The third-order valence-corrected chi connectivity index (χ3v) is 4.10. The highest BCUT2D eigenvalue weighted by molar-refractivity contribution is 8.00. The molecule has 10 heavy (non-hydrogen) atoms. The third-order valence-electron chi connectivity index (χ3n) is 2.52. The Labute approximate surface area is 68.8 Å². The van der Waals surface area contributed by atoms with Gasteiger partial charge in [-0.2, -0.15) is 11.8 Å². The van der Waals surface area contributed by atoms with Gasteiger partial charge in [0.05, 0.1) is 0 Å². The second-order valence-electron chi connectivity index (χ2n) is 3.51. The van der Waals surface area contributed by atoms with E-state index in [0.717, 1.165) is 17.1 Å². The molecule has 2 unspecified atom stereocenters. The van der Waals surface area contributed by atoms with E-state index in [0.29, 0.717) is 0 Å². The molecule has 0 aromatic carbocycles. The maximum absolute atomic E-state index is 2.36. The molecule has 0 bridgehead atoms. The van der Waals surface area contributed by atoms with Gasteiger partial charge in [0.15, 0.2) is 0 Å². The van der Waals surface area contributed by atoms with Crippen LogP contribution in [0.3, 0.4) is 0 Å². The van der Waals surface area contributed by atoms with Gasteiger partial charge in [-0.25, -0.2) is 0 Å². The molecule has 1 fully saturated rings. The van der Waals surface area contributed by atoms with Crippen LogP contribution in [0.15, 0.2) is 0 Å². The monoisotopic (exact) mass is 158 g/mol. The van der Waals surface area contributed by atoms with Gasteiger partial charge in [-0.3, -0.25) is 0 Å². The fraction of sp³-hybridized carbons (Fsp3) is 1.00. The summed E-state index contributed by atoms with van der Waals surface area (Å²) in [6.07, 6.45) is 2.83. The van der Waals surface area contributed by atoms with Gasteiger partial charge in [-0.05, 0) is 30.4 Å². The lowest BCUT2D eigenvalue weighted by molar-refractivity contribution is 0.373. The lowest BCUT2D eigenvalue weighted by atomic mass is 9.89. The molecule has 0 aliphatic carbocycles. The summed E-state index contributed by atoms with van der Waals surface area (Å²) in [5, 5.41) is 0.972. The molecule has 0 spiro atoms. The highest BCUT2D eigenvalue weighted by Gasteiger charge is 2.28. The zero-order valence-corrected chi connectivity index (χ0v) is 8.08. The minimum absolute atomic E-state index is 0.903. The van der Waals surface area contributed by atoms with Crippen molar-refractivity contribution < 1.29 is 0 Å². The Balaban J connectivity index is 2.42. The van der Waals surface area contributed by atoms with E-state index >= 15 is 0 Å². The predicted molar refractivity (Wildman–Crippen MR) is 49.5 cm³/mol. The normalized spacial score (nSPS) is 33.6. The summed E-state index contributed by atoms with van der Waals surface area (Å²) in [7, 11) is 0. The topological polar surface area (TPSA) is 0 Å². The van der Waals surface area contributed by atoms with Crippen LogP contribution in [0, 0.1) is 11.8 Å². The van der Waals surface area contributed by atoms with Crippen molar-refractivity contribution in [3.8, 4) is 0 Å². The van der Waals surface area contributed by atoms with Crippen LogP contribution in [0.4, 0.5) is 0 Å². The van der Waals surface area contributed by atoms with Crippen molar-refractivity contribution in [3.63, 3.8) is 0 Å². The molecule has 0 N–H and O–H groups in total. The zero-order valence-electron chi connectivity index (χ0n) is 7.26. The molecule has 0 radical (unpaired) electrons. The minimum Gasteiger partial charge on any atom is -0.158 e. The Kier molecular flexibility index (Phi) is 3.09. The van der Waals surface area contributed by atoms with E-state index in [-0.39, 0.29) is 0 Å². The fourth-order valence-electron chi connectivity index (χ4n) is 1.85. The molecule has 0 nitrogen and oxygen atoms in total. The molecule has 0 saturated carbocycles. The summed E-state index contributed by atoms with van der Waals surface area (Å²) in [4.78, 5) is 0. The van der Waals surface area contributed by atoms with Crippen molar-refractivity contribution in [2.45, 2.75) is 38.9 Å². The zero-order chi connectivity index (χ0) is 7.56. The van der Waals surface area contributed by atoms with Crippen molar-refractivity contribution in [2.75, 3.05) is 5.75 Å². The molecule has 0 amide bonds. The van der Waals surface area contributed by atoms with Crippen LogP contribution in [0.1, 0.15) is 33.6 Å². The molecule has 2 atom stereocenters. The van der Waals surface area contributed by atoms with Crippen LogP contribution < -0.4 is 0 Å². The average molecular weight is 158 g/mol. The highest BCUT2D eigenvalue weighted by Crippen LogP contribution is 2.38. The fourth-order valence-corrected chi connectivity index (χ4v) is 3.49. The molecule has 0 aromatic rings. The van der Waals surface area contributed by atoms with Crippen LogP contribution in [0.5, 0.6) is 0 Å². The van der Waals surface area contributed by atoms with E-state index in [1.807, 2.05) is 0 Å². The Hall–Kier alpha value is 0.350. The second-order valence-corrected chi connectivity index (χ2v) is 4.86. The molecule has 1 saturated heterocycles. The van der Waals surface area contributed by atoms with Crippen LogP contribution in [0.2, 0.25) is 0 Å². The van der Waals surface area contributed by atoms with E-state index in [1.165, 1.54) is 18.6 Å². The van der Waals surface area contributed by atoms with Gasteiger partial charge in [0.25, 0.3) is 0 Å². The van der Waals surface area contributed by atoms with Crippen LogP contribution in [-0.4, -0.2) is 11.0 Å². The van der Waals surface area contributed by atoms with Crippen molar-refractivity contribution in [1.82, 2.24) is 0 Å². The van der Waals surface area contributed by atoms with Crippen molar-refractivity contribution in [3.05, 3.63) is 0 Å². The van der Waals surface area contributed by atoms with E-state index in [9.17, 15) is 0 Å². The Morgan fingerprint density at radius 3 is 2.60 bits per heavy atom. The first-order chi connectivity index (χ1) is 4.75. The summed E-state index contributed by atoms with van der Waals surface area (Å²) in [6, 6.07) is 0. The number of rotatable bonds is 2. The molecular weight excluding hydrogens is 140 g/mol. The van der Waals surface area contributed by atoms with Gasteiger partial charge in [0.2, 0.25) is 0 Å². The molecule has 1 heteroatoms. The van der Waals surface area contributed by atoms with E-state index < -0.39 is 0 Å². The molecule has 60 valence electrons. The first-order valence-corrected chi connectivity index (χ1v) is 5.42. The largest absolute Gasteiger partial charge is 0.158 e. The van der Waals surface area contributed by atoms with Crippen molar-refractivity contribution in [1.29, 1.82) is 0 Å². The van der Waals surface area contributed by atoms with Crippen LogP contribution in [-0.2, 0) is 0 Å².